The van der Waals surface area contributed by atoms with Crippen LogP contribution in [0.3, 0.4) is 0 Å². The van der Waals surface area contributed by atoms with Crippen molar-refractivity contribution in [3.63, 3.8) is 0 Å². The van der Waals surface area contributed by atoms with E-state index in [4.69, 9.17) is 28.4 Å². The maximum absolute atomic E-state index is 13.3. The molecule has 0 aliphatic carbocycles. The first-order valence-corrected chi connectivity index (χ1v) is 13.8. The first-order chi connectivity index (χ1) is 22.4. The fourth-order valence-corrected chi connectivity index (χ4v) is 4.37. The van der Waals surface area contributed by atoms with Gasteiger partial charge in [-0.3, -0.25) is 9.59 Å². The molecule has 4 aromatic rings. The predicted octanol–water partition coefficient (Wildman–Crippen LogP) is 4.58. The van der Waals surface area contributed by atoms with Crippen molar-refractivity contribution in [2.45, 2.75) is 0 Å². The Morgan fingerprint density at radius 3 is 2.17 bits per heavy atom. The fraction of sp³-hybridized carbons (Fsp3) is 0.118. The Labute approximate surface area is 264 Å². The van der Waals surface area contributed by atoms with Crippen LogP contribution in [0.2, 0.25) is 0 Å². The van der Waals surface area contributed by atoms with Gasteiger partial charge in [0, 0.05) is 11.1 Å². The van der Waals surface area contributed by atoms with Gasteiger partial charge in [-0.05, 0) is 60.2 Å². The summed E-state index contributed by atoms with van der Waals surface area (Å²) in [6, 6.07) is 23.1. The largest absolute Gasteiger partial charge is 0.493 e. The molecule has 1 heterocycles. The number of amides is 2. The summed E-state index contributed by atoms with van der Waals surface area (Å²) in [7, 11) is 4.34. The summed E-state index contributed by atoms with van der Waals surface area (Å²) in [5.41, 5.74) is 3.82. The van der Waals surface area contributed by atoms with Crippen LogP contribution >= 0.6 is 0 Å². The number of hydrogen-bond donors (Lipinski definition) is 2. The smallest absolute Gasteiger partial charge is 0.343 e. The van der Waals surface area contributed by atoms with Crippen LogP contribution in [0.5, 0.6) is 34.5 Å². The first kappa shape index (κ1) is 31.1. The van der Waals surface area contributed by atoms with Crippen molar-refractivity contribution < 1.29 is 42.8 Å². The summed E-state index contributed by atoms with van der Waals surface area (Å²) in [5.74, 6) is 0.280. The third kappa shape index (κ3) is 7.25. The van der Waals surface area contributed by atoms with Gasteiger partial charge in [0.25, 0.3) is 11.8 Å². The van der Waals surface area contributed by atoms with Gasteiger partial charge in [-0.25, -0.2) is 10.2 Å². The number of nitrogens with one attached hydrogen (secondary N) is 2. The minimum absolute atomic E-state index is 0.0769. The highest BCUT2D eigenvalue weighted by molar-refractivity contribution is 6.05. The zero-order valence-electron chi connectivity index (χ0n) is 25.1. The molecule has 2 N–H and O–H groups in total. The summed E-state index contributed by atoms with van der Waals surface area (Å²) >= 11 is 0. The Balaban J connectivity index is 1.34. The van der Waals surface area contributed by atoms with Gasteiger partial charge in [0.1, 0.15) is 11.4 Å². The number of ether oxygens (including phenoxy) is 6. The van der Waals surface area contributed by atoms with Crippen LogP contribution in [-0.2, 0) is 4.79 Å². The van der Waals surface area contributed by atoms with E-state index in [2.05, 4.69) is 15.8 Å². The second-order valence-corrected chi connectivity index (χ2v) is 9.53. The van der Waals surface area contributed by atoms with E-state index in [-0.39, 0.29) is 35.3 Å². The van der Waals surface area contributed by atoms with E-state index in [1.807, 2.05) is 0 Å². The number of benzene rings is 4. The van der Waals surface area contributed by atoms with Gasteiger partial charge >= 0.3 is 5.97 Å². The fourth-order valence-electron chi connectivity index (χ4n) is 4.37. The predicted molar refractivity (Wildman–Crippen MR) is 168 cm³/mol. The van der Waals surface area contributed by atoms with Gasteiger partial charge in [-0.1, -0.05) is 36.4 Å². The van der Waals surface area contributed by atoms with E-state index < -0.39 is 17.8 Å². The number of para-hydroxylation sites is 1. The summed E-state index contributed by atoms with van der Waals surface area (Å²) < 4.78 is 32.4. The summed E-state index contributed by atoms with van der Waals surface area (Å²) in [6.07, 6.45) is 2.80. The maximum Gasteiger partial charge on any atom is 0.343 e. The lowest BCUT2D eigenvalue weighted by molar-refractivity contribution is -0.117. The zero-order valence-corrected chi connectivity index (χ0v) is 25.1. The Bertz CT molecular complexity index is 1800. The molecule has 0 saturated heterocycles. The summed E-state index contributed by atoms with van der Waals surface area (Å²) in [5, 5.41) is 6.70. The lowest BCUT2D eigenvalue weighted by Crippen LogP contribution is -2.32. The average molecular weight is 624 g/mol. The molecule has 5 rings (SSSR count). The molecule has 12 nitrogen and oxygen atoms in total. The number of carbonyl (C=O) groups excluding carboxylic acids is 3. The number of hydrazone groups is 1. The van der Waals surface area contributed by atoms with Crippen LogP contribution in [0.1, 0.15) is 31.8 Å². The Hall–Kier alpha value is -6.30. The van der Waals surface area contributed by atoms with Crippen molar-refractivity contribution in [1.82, 2.24) is 10.7 Å². The van der Waals surface area contributed by atoms with Crippen LogP contribution in [0.15, 0.2) is 95.7 Å². The molecule has 0 unspecified atom stereocenters. The van der Waals surface area contributed by atoms with Gasteiger partial charge in [-0.15, -0.1) is 0 Å². The third-order valence-electron chi connectivity index (χ3n) is 6.63. The molecule has 0 fully saturated rings. The second kappa shape index (κ2) is 14.4. The number of esters is 1. The molecule has 4 aromatic carbocycles. The highest BCUT2D eigenvalue weighted by Gasteiger charge is 2.20. The van der Waals surface area contributed by atoms with Crippen molar-refractivity contribution in [1.29, 1.82) is 0 Å². The summed E-state index contributed by atoms with van der Waals surface area (Å²) in [6.45, 7) is 0.0918. The normalized spacial score (nSPS) is 11.9. The molecule has 234 valence electrons. The maximum atomic E-state index is 13.3. The van der Waals surface area contributed by atoms with Gasteiger partial charge in [0.2, 0.25) is 12.5 Å². The number of carbonyl (C=O) groups is 3. The van der Waals surface area contributed by atoms with Crippen LogP contribution in [0.4, 0.5) is 0 Å². The van der Waals surface area contributed by atoms with E-state index in [0.717, 1.165) is 0 Å². The van der Waals surface area contributed by atoms with Crippen LogP contribution in [-0.4, -0.2) is 52.1 Å². The van der Waals surface area contributed by atoms with Crippen molar-refractivity contribution in [3.8, 4) is 34.5 Å². The Morgan fingerprint density at radius 1 is 0.761 bits per heavy atom. The molecule has 46 heavy (non-hydrogen) atoms. The highest BCUT2D eigenvalue weighted by Crippen LogP contribution is 2.38. The van der Waals surface area contributed by atoms with E-state index >= 15 is 0 Å². The van der Waals surface area contributed by atoms with Crippen molar-refractivity contribution in [3.05, 3.63) is 113 Å². The molecular formula is C34H29N3O9. The average Bonchev–Trinajstić information content (AvgIpc) is 3.56. The van der Waals surface area contributed by atoms with Crippen LogP contribution in [0.25, 0.3) is 6.08 Å². The molecule has 0 bridgehead atoms. The molecule has 12 heteroatoms. The molecular weight excluding hydrogens is 594 g/mol. The van der Waals surface area contributed by atoms with Gasteiger partial charge in [0.05, 0.1) is 33.1 Å². The molecule has 2 amide bonds. The number of hydrogen-bond acceptors (Lipinski definition) is 10. The minimum atomic E-state index is -0.704. The van der Waals surface area contributed by atoms with Crippen molar-refractivity contribution in [2.75, 3.05) is 28.1 Å². The molecule has 1 aliphatic heterocycles. The summed E-state index contributed by atoms with van der Waals surface area (Å²) in [4.78, 5) is 39.3. The lowest BCUT2D eigenvalue weighted by Gasteiger charge is -2.14. The molecule has 0 saturated carbocycles. The lowest BCUT2D eigenvalue weighted by atomic mass is 10.1. The molecule has 0 spiro atoms. The van der Waals surface area contributed by atoms with Gasteiger partial charge in [0.15, 0.2) is 23.0 Å². The minimum Gasteiger partial charge on any atom is -0.493 e. The zero-order chi connectivity index (χ0) is 32.5. The SMILES string of the molecule is COc1cc(C(=O)Oc2ccccc2/C=N\NC(=O)/C(=C\c2ccc3c(c2)OCO3)NC(=O)c2ccccc2)cc(OC)c1OC. The number of nitrogens with zero attached hydrogens (tertiary/aromatic N) is 1. The number of methoxy groups -OCH3 is 3. The molecule has 0 atom stereocenters. The van der Waals surface area contributed by atoms with E-state index in [1.54, 1.807) is 72.8 Å². The standard InChI is InChI=1S/C34H29N3O9/c1-41-29-17-24(18-30(42-2)31(29)43-3)34(40)46-26-12-8-7-11-23(26)19-35-37-33(39)25(36-32(38)22-9-5-4-6-10-22)15-21-13-14-27-28(16-21)45-20-44-27/h4-19H,20H2,1-3H3,(H,36,38)(H,37,39)/b25-15+,35-19-. The molecule has 1 aliphatic rings. The van der Waals surface area contributed by atoms with Crippen LogP contribution < -0.4 is 39.2 Å². The monoisotopic (exact) mass is 623 g/mol. The van der Waals surface area contributed by atoms with Gasteiger partial charge < -0.3 is 33.7 Å². The quantitative estimate of drug-likeness (QED) is 0.0807. The van der Waals surface area contributed by atoms with Crippen molar-refractivity contribution >= 4 is 30.1 Å². The third-order valence-corrected chi connectivity index (χ3v) is 6.63. The van der Waals surface area contributed by atoms with E-state index in [9.17, 15) is 14.4 Å². The van der Waals surface area contributed by atoms with Crippen LogP contribution in [0, 0.1) is 0 Å². The Kier molecular flexibility index (Phi) is 9.78. The molecule has 0 aromatic heterocycles. The van der Waals surface area contributed by atoms with E-state index in [0.29, 0.717) is 33.9 Å². The van der Waals surface area contributed by atoms with Crippen molar-refractivity contribution in [2.24, 2.45) is 5.10 Å². The number of fused-ring (bicyclic) bond motifs is 1. The highest BCUT2D eigenvalue weighted by atomic mass is 16.7. The van der Waals surface area contributed by atoms with E-state index in [1.165, 1.54) is 45.8 Å². The second-order valence-electron chi connectivity index (χ2n) is 9.53. The molecule has 0 radical (unpaired) electrons. The van der Waals surface area contributed by atoms with Gasteiger partial charge in [-0.2, -0.15) is 5.10 Å². The number of rotatable bonds is 11. The first-order valence-electron chi connectivity index (χ1n) is 13.8. The Morgan fingerprint density at radius 2 is 1.46 bits per heavy atom. The topological polar surface area (TPSA) is 143 Å².